The molecule has 148 valence electrons. The molecule has 0 saturated heterocycles. The molecule has 3 heterocycles. The number of carboxylic acid groups (broad SMARTS) is 1. The van der Waals surface area contributed by atoms with Crippen LogP contribution in [0.3, 0.4) is 0 Å². The molecule has 1 amide bonds. The molecular formula is C21H18ClN3O3S. The van der Waals surface area contributed by atoms with Crippen LogP contribution >= 0.6 is 22.9 Å². The maximum absolute atomic E-state index is 12.8. The lowest BCUT2D eigenvalue weighted by atomic mass is 9.98. The Kier molecular flexibility index (Phi) is 5.34. The predicted octanol–water partition coefficient (Wildman–Crippen LogP) is 4.80. The first-order valence-corrected chi connectivity index (χ1v) is 10.5. The fraction of sp³-hybridized carbons (Fsp3) is 0.238. The highest BCUT2D eigenvalue weighted by Gasteiger charge is 2.35. The van der Waals surface area contributed by atoms with Gasteiger partial charge in [-0.05, 0) is 35.4 Å². The number of rotatable bonds is 5. The third kappa shape index (κ3) is 3.88. The molecule has 0 bridgehead atoms. The second kappa shape index (κ2) is 7.93. The molecule has 1 N–H and O–H groups in total. The fourth-order valence-electron chi connectivity index (χ4n) is 3.49. The number of carboxylic acids is 1. The van der Waals surface area contributed by atoms with Crippen molar-refractivity contribution in [1.29, 1.82) is 0 Å². The molecule has 1 aromatic carbocycles. The van der Waals surface area contributed by atoms with Crippen LogP contribution in [0.1, 0.15) is 42.0 Å². The number of pyridine rings is 1. The molecule has 3 aromatic rings. The Labute approximate surface area is 176 Å². The topological polar surface area (TPSA) is 82.9 Å². The molecule has 0 aliphatic carbocycles. The number of carbonyl (C=O) groups excluding carboxylic acids is 1. The van der Waals surface area contributed by atoms with Gasteiger partial charge in [0.1, 0.15) is 5.15 Å². The lowest BCUT2D eigenvalue weighted by Crippen LogP contribution is -2.27. The summed E-state index contributed by atoms with van der Waals surface area (Å²) in [6.07, 6.45) is 0.131. The number of aromatic nitrogens is 1. The quantitative estimate of drug-likeness (QED) is 0.593. The van der Waals surface area contributed by atoms with Gasteiger partial charge in [-0.15, -0.1) is 0 Å². The van der Waals surface area contributed by atoms with E-state index in [1.165, 1.54) is 5.01 Å². The first-order valence-electron chi connectivity index (χ1n) is 9.13. The highest BCUT2D eigenvalue weighted by molar-refractivity contribution is 7.08. The number of nitrogens with zero attached hydrogens (tertiary/aromatic N) is 3. The number of amides is 1. The van der Waals surface area contributed by atoms with Crippen LogP contribution in [-0.4, -0.2) is 32.7 Å². The number of aryl methyl sites for hydroxylation is 1. The summed E-state index contributed by atoms with van der Waals surface area (Å²) in [7, 11) is 0. The van der Waals surface area contributed by atoms with E-state index in [-0.39, 0.29) is 18.7 Å². The molecule has 0 saturated carbocycles. The van der Waals surface area contributed by atoms with Crippen molar-refractivity contribution in [3.05, 3.63) is 62.9 Å². The largest absolute Gasteiger partial charge is 0.481 e. The smallest absolute Gasteiger partial charge is 0.303 e. The minimum atomic E-state index is -1.02. The number of para-hydroxylation sites is 1. The monoisotopic (exact) mass is 427 g/mol. The normalized spacial score (nSPS) is 16.3. The number of hydrogen-bond acceptors (Lipinski definition) is 5. The number of benzene rings is 1. The summed E-state index contributed by atoms with van der Waals surface area (Å²) in [5.74, 6) is -1.36. The van der Waals surface area contributed by atoms with Gasteiger partial charge in [0.2, 0.25) is 5.91 Å². The van der Waals surface area contributed by atoms with Gasteiger partial charge in [0.15, 0.2) is 0 Å². The Morgan fingerprint density at radius 1 is 1.31 bits per heavy atom. The molecule has 0 radical (unpaired) electrons. The lowest BCUT2D eigenvalue weighted by molar-refractivity contribution is -0.141. The van der Waals surface area contributed by atoms with Crippen molar-refractivity contribution in [2.45, 2.75) is 32.2 Å². The Morgan fingerprint density at radius 2 is 2.14 bits per heavy atom. The zero-order valence-corrected chi connectivity index (χ0v) is 17.2. The van der Waals surface area contributed by atoms with Gasteiger partial charge in [0, 0.05) is 29.4 Å². The van der Waals surface area contributed by atoms with Crippen molar-refractivity contribution in [2.75, 3.05) is 0 Å². The minimum Gasteiger partial charge on any atom is -0.481 e. The van der Waals surface area contributed by atoms with Gasteiger partial charge in [-0.1, -0.05) is 29.8 Å². The zero-order chi connectivity index (χ0) is 20.5. The molecule has 6 nitrogen and oxygen atoms in total. The highest BCUT2D eigenvalue weighted by Crippen LogP contribution is 2.38. The number of thiophene rings is 1. The summed E-state index contributed by atoms with van der Waals surface area (Å²) in [4.78, 5) is 28.2. The Bertz CT molecular complexity index is 1130. The molecule has 1 aliphatic rings. The van der Waals surface area contributed by atoms with Crippen LogP contribution < -0.4 is 0 Å². The zero-order valence-electron chi connectivity index (χ0n) is 15.6. The van der Waals surface area contributed by atoms with Gasteiger partial charge in [-0.3, -0.25) is 9.59 Å². The van der Waals surface area contributed by atoms with Crippen molar-refractivity contribution in [1.82, 2.24) is 9.99 Å². The molecular weight excluding hydrogens is 410 g/mol. The molecule has 0 spiro atoms. The number of carbonyl (C=O) groups is 2. The summed E-state index contributed by atoms with van der Waals surface area (Å²) < 4.78 is 0. The van der Waals surface area contributed by atoms with Crippen molar-refractivity contribution >= 4 is 51.4 Å². The van der Waals surface area contributed by atoms with Crippen LogP contribution in [0.2, 0.25) is 5.15 Å². The van der Waals surface area contributed by atoms with E-state index in [4.69, 9.17) is 16.7 Å². The van der Waals surface area contributed by atoms with E-state index in [0.717, 1.165) is 27.7 Å². The summed E-state index contributed by atoms with van der Waals surface area (Å²) >= 11 is 8.09. The van der Waals surface area contributed by atoms with Crippen LogP contribution in [0.25, 0.3) is 10.9 Å². The van der Waals surface area contributed by atoms with Gasteiger partial charge in [0.25, 0.3) is 0 Å². The summed E-state index contributed by atoms with van der Waals surface area (Å²) in [5, 5.41) is 20.0. The fourth-order valence-corrected chi connectivity index (χ4v) is 4.42. The third-order valence-corrected chi connectivity index (χ3v) is 5.95. The van der Waals surface area contributed by atoms with Crippen LogP contribution in [0.15, 0.2) is 46.2 Å². The standard InChI is InChI=1S/C21H18ClN3O3S/c1-12-3-2-4-13-9-15(21(22)23-20(12)13)17-10-16(14-7-8-29-11-14)24-25(17)18(26)5-6-19(27)28/h2-4,7-9,11,17H,5-6,10H2,1H3,(H,27,28)/t17-/m0/s1. The minimum absolute atomic E-state index is 0.121. The second-order valence-electron chi connectivity index (χ2n) is 6.93. The van der Waals surface area contributed by atoms with Crippen molar-refractivity contribution in [2.24, 2.45) is 5.10 Å². The number of hydrazone groups is 1. The molecule has 8 heteroatoms. The number of fused-ring (bicyclic) bond motifs is 1. The number of hydrogen-bond donors (Lipinski definition) is 1. The maximum Gasteiger partial charge on any atom is 0.303 e. The van der Waals surface area contributed by atoms with Crippen molar-refractivity contribution < 1.29 is 14.7 Å². The molecule has 0 unspecified atom stereocenters. The lowest BCUT2D eigenvalue weighted by Gasteiger charge is -2.23. The Balaban J connectivity index is 1.74. The van der Waals surface area contributed by atoms with Crippen molar-refractivity contribution in [3.8, 4) is 0 Å². The van der Waals surface area contributed by atoms with E-state index < -0.39 is 12.0 Å². The Hall–Kier alpha value is -2.77. The predicted molar refractivity (Wildman–Crippen MR) is 113 cm³/mol. The molecule has 1 atom stereocenters. The van der Waals surface area contributed by atoms with Gasteiger partial charge >= 0.3 is 5.97 Å². The molecule has 1 aliphatic heterocycles. The molecule has 4 rings (SSSR count). The van der Waals surface area contributed by atoms with Crippen LogP contribution in [0, 0.1) is 6.92 Å². The average molecular weight is 428 g/mol. The van der Waals surface area contributed by atoms with E-state index >= 15 is 0 Å². The average Bonchev–Trinajstić information content (AvgIpc) is 3.36. The van der Waals surface area contributed by atoms with Crippen LogP contribution in [-0.2, 0) is 9.59 Å². The summed E-state index contributed by atoms with van der Waals surface area (Å²) in [6.45, 7) is 1.97. The molecule has 2 aromatic heterocycles. The molecule has 29 heavy (non-hydrogen) atoms. The van der Waals surface area contributed by atoms with Gasteiger partial charge in [-0.2, -0.15) is 16.4 Å². The SMILES string of the molecule is Cc1cccc2cc([C@@H]3CC(c4ccsc4)=NN3C(=O)CCC(=O)O)c(Cl)nc12. The van der Waals surface area contributed by atoms with E-state index in [1.54, 1.807) is 11.3 Å². The van der Waals surface area contributed by atoms with E-state index in [0.29, 0.717) is 17.1 Å². The van der Waals surface area contributed by atoms with Crippen molar-refractivity contribution in [3.63, 3.8) is 0 Å². The Morgan fingerprint density at radius 3 is 2.86 bits per heavy atom. The van der Waals surface area contributed by atoms with Crippen LogP contribution in [0.4, 0.5) is 0 Å². The third-order valence-electron chi connectivity index (χ3n) is 4.96. The number of aliphatic carboxylic acids is 1. The second-order valence-corrected chi connectivity index (χ2v) is 8.06. The summed E-state index contributed by atoms with van der Waals surface area (Å²) in [6, 6.07) is 9.37. The highest BCUT2D eigenvalue weighted by atomic mass is 35.5. The first kappa shape index (κ1) is 19.5. The van der Waals surface area contributed by atoms with Gasteiger partial charge in [0.05, 0.1) is 23.7 Å². The van der Waals surface area contributed by atoms with E-state index in [1.807, 2.05) is 48.0 Å². The summed E-state index contributed by atoms with van der Waals surface area (Å²) in [5.41, 5.74) is 4.28. The van der Waals surface area contributed by atoms with Crippen LogP contribution in [0.5, 0.6) is 0 Å². The van der Waals surface area contributed by atoms with Gasteiger partial charge in [-0.25, -0.2) is 9.99 Å². The van der Waals surface area contributed by atoms with E-state index in [2.05, 4.69) is 10.1 Å². The van der Waals surface area contributed by atoms with E-state index in [9.17, 15) is 9.59 Å². The molecule has 0 fully saturated rings. The van der Waals surface area contributed by atoms with Gasteiger partial charge < -0.3 is 5.11 Å². The number of halogens is 1. The first-order chi connectivity index (χ1) is 13.9. The maximum atomic E-state index is 12.8.